The van der Waals surface area contributed by atoms with E-state index in [9.17, 15) is 18.0 Å². The normalized spacial score (nSPS) is 15.5. The average molecular weight is 508 g/mol. The van der Waals surface area contributed by atoms with E-state index in [0.717, 1.165) is 23.5 Å². The number of fused-ring (bicyclic) bond motifs is 1. The molecule has 0 spiro atoms. The summed E-state index contributed by atoms with van der Waals surface area (Å²) >= 11 is 0. The van der Waals surface area contributed by atoms with E-state index >= 15 is 0 Å². The quantitative estimate of drug-likeness (QED) is 0.520. The van der Waals surface area contributed by atoms with Gasteiger partial charge in [-0.15, -0.1) is 0 Å². The molecule has 4 rings (SSSR count). The van der Waals surface area contributed by atoms with Crippen molar-refractivity contribution in [3.63, 3.8) is 0 Å². The van der Waals surface area contributed by atoms with Gasteiger partial charge >= 0.3 is 6.18 Å². The van der Waals surface area contributed by atoms with E-state index in [4.69, 9.17) is 0 Å². The lowest BCUT2D eigenvalue weighted by Crippen LogP contribution is -2.49. The van der Waals surface area contributed by atoms with Crippen molar-refractivity contribution >= 4 is 36.6 Å². The van der Waals surface area contributed by atoms with Crippen LogP contribution in [-0.2, 0) is 24.1 Å². The van der Waals surface area contributed by atoms with Crippen molar-refractivity contribution in [1.29, 1.82) is 0 Å². The van der Waals surface area contributed by atoms with E-state index in [1.807, 2.05) is 38.8 Å². The molecule has 0 unspecified atom stereocenters. The van der Waals surface area contributed by atoms with Crippen molar-refractivity contribution in [2.75, 3.05) is 22.6 Å². The summed E-state index contributed by atoms with van der Waals surface area (Å²) in [6.07, 6.45) is 0.0944. The molecular weight excluding hydrogens is 479 g/mol. The summed E-state index contributed by atoms with van der Waals surface area (Å²) in [6, 6.07) is 4.19. The van der Waals surface area contributed by atoms with Gasteiger partial charge in [0.25, 0.3) is 0 Å². The van der Waals surface area contributed by atoms with Crippen molar-refractivity contribution < 1.29 is 18.0 Å². The fourth-order valence-corrected chi connectivity index (χ4v) is 4.14. The molecule has 3 aromatic rings. The largest absolute Gasteiger partial charge is 0.433 e. The number of nitrogens with one attached hydrogen (secondary N) is 2. The molecule has 35 heavy (non-hydrogen) atoms. The first-order chi connectivity index (χ1) is 16.0. The minimum atomic E-state index is -4.48. The number of aromatic nitrogens is 4. The van der Waals surface area contributed by atoms with Crippen LogP contribution in [0.2, 0.25) is 0 Å². The molecule has 1 atom stereocenters. The number of halogens is 3. The van der Waals surface area contributed by atoms with Crippen LogP contribution in [0.1, 0.15) is 36.4 Å². The lowest BCUT2D eigenvalue weighted by Gasteiger charge is -2.38. The second-order valence-electron chi connectivity index (χ2n) is 8.72. The summed E-state index contributed by atoms with van der Waals surface area (Å²) in [6.45, 7) is 6.48. The summed E-state index contributed by atoms with van der Waals surface area (Å²) in [5, 5.41) is 10.5. The van der Waals surface area contributed by atoms with E-state index in [-0.39, 0.29) is 37.9 Å². The van der Waals surface area contributed by atoms with Gasteiger partial charge in [-0.2, -0.15) is 31.8 Å². The maximum atomic E-state index is 12.9. The van der Waals surface area contributed by atoms with Gasteiger partial charge in [0, 0.05) is 37.6 Å². The molecule has 4 heterocycles. The Balaban J connectivity index is 0.00000342. The standard InChI is InChI=1S/C23H26F3N7O.H2S/c1-13(2)21-22(34)31-20-14(3)30-19(8-17(20)32(21)4)28-9-16-10-29-33(12-16)11-15-5-6-27-18(7-15)23(24,25)26;/h5-8,10,12-13,21H,9,11H2,1-4H3,(H,28,30)(H,31,34);1H2/t21-;/m0./s1. The smallest absolute Gasteiger partial charge is 0.366 e. The Morgan fingerprint density at radius 3 is 2.66 bits per heavy atom. The molecule has 3 aromatic heterocycles. The molecule has 1 aliphatic rings. The third kappa shape index (κ3) is 5.69. The summed E-state index contributed by atoms with van der Waals surface area (Å²) in [5.74, 6) is 0.750. The molecule has 0 bridgehead atoms. The van der Waals surface area contributed by atoms with Crippen LogP contribution >= 0.6 is 13.5 Å². The molecule has 0 aromatic carbocycles. The highest BCUT2D eigenvalue weighted by Gasteiger charge is 2.34. The Morgan fingerprint density at radius 2 is 1.97 bits per heavy atom. The van der Waals surface area contributed by atoms with Gasteiger partial charge in [0.15, 0.2) is 0 Å². The van der Waals surface area contributed by atoms with E-state index in [2.05, 4.69) is 25.7 Å². The molecule has 188 valence electrons. The van der Waals surface area contributed by atoms with Crippen LogP contribution in [0.25, 0.3) is 0 Å². The third-order valence-electron chi connectivity index (χ3n) is 5.74. The van der Waals surface area contributed by atoms with Crippen molar-refractivity contribution in [1.82, 2.24) is 19.7 Å². The highest BCUT2D eigenvalue weighted by atomic mass is 32.1. The number of aryl methyl sites for hydroxylation is 1. The number of carbonyl (C=O) groups excluding carboxylic acids is 1. The molecule has 12 heteroatoms. The predicted molar refractivity (Wildman–Crippen MR) is 133 cm³/mol. The molecule has 0 saturated heterocycles. The average Bonchev–Trinajstić information content (AvgIpc) is 3.20. The van der Waals surface area contributed by atoms with Crippen LogP contribution in [0.15, 0.2) is 36.8 Å². The van der Waals surface area contributed by atoms with Gasteiger partial charge < -0.3 is 15.5 Å². The second kappa shape index (κ2) is 10.1. The number of hydrogen-bond donors (Lipinski definition) is 2. The number of nitrogens with zero attached hydrogens (tertiary/aromatic N) is 5. The Hall–Kier alpha value is -3.28. The van der Waals surface area contributed by atoms with Gasteiger partial charge in [-0.1, -0.05) is 13.8 Å². The third-order valence-corrected chi connectivity index (χ3v) is 5.74. The lowest BCUT2D eigenvalue weighted by atomic mass is 9.98. The van der Waals surface area contributed by atoms with Crippen LogP contribution in [0.4, 0.5) is 30.4 Å². The van der Waals surface area contributed by atoms with E-state index < -0.39 is 11.9 Å². The Morgan fingerprint density at radius 1 is 1.23 bits per heavy atom. The molecule has 0 fully saturated rings. The van der Waals surface area contributed by atoms with E-state index in [1.54, 1.807) is 17.1 Å². The Bertz CT molecular complexity index is 1210. The zero-order chi connectivity index (χ0) is 24.6. The van der Waals surface area contributed by atoms with E-state index in [0.29, 0.717) is 29.3 Å². The highest BCUT2D eigenvalue weighted by molar-refractivity contribution is 7.59. The van der Waals surface area contributed by atoms with Crippen LogP contribution in [0.3, 0.4) is 0 Å². The highest BCUT2D eigenvalue weighted by Crippen LogP contribution is 2.36. The molecule has 1 aliphatic heterocycles. The minimum Gasteiger partial charge on any atom is -0.366 e. The lowest BCUT2D eigenvalue weighted by molar-refractivity contribution is -0.141. The monoisotopic (exact) mass is 507 g/mol. The second-order valence-corrected chi connectivity index (χ2v) is 8.72. The zero-order valence-electron chi connectivity index (χ0n) is 19.8. The van der Waals surface area contributed by atoms with Crippen LogP contribution in [0, 0.1) is 12.8 Å². The maximum Gasteiger partial charge on any atom is 0.433 e. The van der Waals surface area contributed by atoms with Crippen molar-refractivity contribution in [2.24, 2.45) is 5.92 Å². The number of pyridine rings is 2. The molecule has 1 amide bonds. The summed E-state index contributed by atoms with van der Waals surface area (Å²) in [7, 11) is 1.90. The van der Waals surface area contributed by atoms with Crippen LogP contribution in [0.5, 0.6) is 0 Å². The number of carbonyl (C=O) groups is 1. The first kappa shape index (κ1) is 26.3. The van der Waals surface area contributed by atoms with Crippen molar-refractivity contribution in [3.05, 3.63) is 59.3 Å². The molecule has 2 N–H and O–H groups in total. The maximum absolute atomic E-state index is 12.9. The minimum absolute atomic E-state index is 0. The number of likely N-dealkylation sites (N-methyl/N-ethyl adjacent to an activating group) is 1. The van der Waals surface area contributed by atoms with Crippen LogP contribution < -0.4 is 15.5 Å². The van der Waals surface area contributed by atoms with Crippen LogP contribution in [-0.4, -0.2) is 38.7 Å². The van der Waals surface area contributed by atoms with Crippen molar-refractivity contribution in [3.8, 4) is 0 Å². The van der Waals surface area contributed by atoms with Gasteiger partial charge in [0.2, 0.25) is 5.91 Å². The number of rotatable bonds is 6. The number of amides is 1. The van der Waals surface area contributed by atoms with Gasteiger partial charge in [-0.05, 0) is 30.5 Å². The topological polar surface area (TPSA) is 88.0 Å². The molecule has 8 nitrogen and oxygen atoms in total. The van der Waals surface area contributed by atoms with E-state index in [1.165, 1.54) is 6.07 Å². The fourth-order valence-electron chi connectivity index (χ4n) is 4.14. The summed E-state index contributed by atoms with van der Waals surface area (Å²) < 4.78 is 40.2. The van der Waals surface area contributed by atoms with Gasteiger partial charge in [-0.25, -0.2) is 4.98 Å². The Labute approximate surface area is 208 Å². The molecule has 0 saturated carbocycles. The predicted octanol–water partition coefficient (Wildman–Crippen LogP) is 4.19. The van der Waals surface area contributed by atoms with Gasteiger partial charge in [0.05, 0.1) is 29.8 Å². The summed E-state index contributed by atoms with van der Waals surface area (Å²) in [5.41, 5.74) is 2.69. The van der Waals surface area contributed by atoms with Gasteiger partial charge in [0.1, 0.15) is 17.6 Å². The molecule has 0 aliphatic carbocycles. The first-order valence-electron chi connectivity index (χ1n) is 10.9. The fraction of sp³-hybridized carbons (Fsp3) is 0.391. The number of anilines is 3. The molecular formula is C23H28F3N7OS. The number of hydrogen-bond acceptors (Lipinski definition) is 6. The summed E-state index contributed by atoms with van der Waals surface area (Å²) in [4.78, 5) is 22.4. The zero-order valence-corrected chi connectivity index (χ0v) is 20.8. The van der Waals surface area contributed by atoms with Crippen molar-refractivity contribution in [2.45, 2.75) is 46.1 Å². The SMILES string of the molecule is Cc1nc(NCc2cnn(Cc3ccnc(C(F)(F)F)c3)c2)cc2c1NC(=O)[C@H](C(C)C)N2C.S. The first-order valence-corrected chi connectivity index (χ1v) is 10.9. The van der Waals surface area contributed by atoms with Gasteiger partial charge in [-0.3, -0.25) is 14.5 Å². The molecule has 0 radical (unpaired) electrons. The Kier molecular flexibility index (Phi) is 7.63. The number of alkyl halides is 3.